The van der Waals surface area contributed by atoms with Crippen molar-refractivity contribution in [3.8, 4) is 16.9 Å². The number of hydrogen-bond donors (Lipinski definition) is 1. The van der Waals surface area contributed by atoms with E-state index in [2.05, 4.69) is 5.10 Å². The number of aliphatic carboxylic acids is 1. The molecule has 1 atom stereocenters. The van der Waals surface area contributed by atoms with Crippen LogP contribution in [0.2, 0.25) is 5.02 Å². The molecule has 0 radical (unpaired) electrons. The lowest BCUT2D eigenvalue weighted by Gasteiger charge is -2.21. The van der Waals surface area contributed by atoms with E-state index in [1.54, 1.807) is 12.1 Å². The van der Waals surface area contributed by atoms with Crippen molar-refractivity contribution in [1.82, 2.24) is 14.1 Å². The van der Waals surface area contributed by atoms with Gasteiger partial charge in [0.25, 0.3) is 0 Å². The van der Waals surface area contributed by atoms with Crippen LogP contribution in [-0.4, -0.2) is 46.2 Å². The summed E-state index contributed by atoms with van der Waals surface area (Å²) in [6, 6.07) is 11.0. The summed E-state index contributed by atoms with van der Waals surface area (Å²) in [6.07, 6.45) is -4.05. The highest BCUT2D eigenvalue weighted by Gasteiger charge is 2.39. The summed E-state index contributed by atoms with van der Waals surface area (Å²) in [6.45, 7) is 0.0792. The van der Waals surface area contributed by atoms with Crippen LogP contribution in [0.1, 0.15) is 18.5 Å². The minimum Gasteiger partial charge on any atom is -0.480 e. The molecule has 1 fully saturated rings. The standard InChI is InChI=1S/C21H17ClF3N3O4S/c22-14-5-3-13(4-6-14)18-12-19(21(23,24)25)26-28(18)15-7-9-16(10-8-15)33(31,32)27-11-1-2-17(27)20(29)30/h3-10,12,17H,1-2,11H2,(H,29,30)/t17-/m0/s1. The number of carboxylic acids is 1. The van der Waals surface area contributed by atoms with E-state index in [0.717, 1.165) is 15.1 Å². The van der Waals surface area contributed by atoms with Gasteiger partial charge in [0.1, 0.15) is 6.04 Å². The Morgan fingerprint density at radius 3 is 2.30 bits per heavy atom. The van der Waals surface area contributed by atoms with E-state index in [9.17, 15) is 31.5 Å². The van der Waals surface area contributed by atoms with Gasteiger partial charge in [-0.15, -0.1) is 0 Å². The van der Waals surface area contributed by atoms with Crippen molar-refractivity contribution in [2.45, 2.75) is 30.0 Å². The maximum atomic E-state index is 13.3. The highest BCUT2D eigenvalue weighted by molar-refractivity contribution is 7.89. The van der Waals surface area contributed by atoms with E-state index >= 15 is 0 Å². The van der Waals surface area contributed by atoms with Crippen molar-refractivity contribution in [3.05, 3.63) is 65.3 Å². The topological polar surface area (TPSA) is 92.5 Å². The lowest BCUT2D eigenvalue weighted by molar-refractivity contribution is -0.141. The molecule has 1 aliphatic rings. The van der Waals surface area contributed by atoms with Gasteiger partial charge >= 0.3 is 12.1 Å². The molecule has 1 aromatic heterocycles. The molecule has 4 rings (SSSR count). The van der Waals surface area contributed by atoms with Crippen LogP contribution in [0.3, 0.4) is 0 Å². The summed E-state index contributed by atoms with van der Waals surface area (Å²) in [5.41, 5.74) is -0.336. The first kappa shape index (κ1) is 23.3. The molecule has 1 N–H and O–H groups in total. The molecule has 1 aliphatic heterocycles. The lowest BCUT2D eigenvalue weighted by atomic mass is 10.1. The highest BCUT2D eigenvalue weighted by atomic mass is 35.5. The van der Waals surface area contributed by atoms with Gasteiger partial charge in [-0.3, -0.25) is 4.79 Å². The third-order valence-electron chi connectivity index (χ3n) is 5.32. The molecule has 0 spiro atoms. The van der Waals surface area contributed by atoms with Gasteiger partial charge in [0.2, 0.25) is 10.0 Å². The number of halogens is 4. The first-order valence-corrected chi connectivity index (χ1v) is 11.6. The zero-order valence-corrected chi connectivity index (χ0v) is 18.4. The van der Waals surface area contributed by atoms with Crippen molar-refractivity contribution >= 4 is 27.6 Å². The van der Waals surface area contributed by atoms with Crippen LogP contribution in [0, 0.1) is 0 Å². The Kier molecular flexibility index (Phi) is 5.97. The predicted octanol–water partition coefficient (Wildman–Crippen LogP) is 4.45. The average Bonchev–Trinajstić information content (AvgIpc) is 3.42. The number of benzene rings is 2. The Labute approximate surface area is 192 Å². The zero-order valence-electron chi connectivity index (χ0n) is 16.8. The van der Waals surface area contributed by atoms with Crippen molar-refractivity contribution < 1.29 is 31.5 Å². The monoisotopic (exact) mass is 499 g/mol. The first-order chi connectivity index (χ1) is 15.5. The Morgan fingerprint density at radius 2 is 1.73 bits per heavy atom. The fraction of sp³-hybridized carbons (Fsp3) is 0.238. The van der Waals surface area contributed by atoms with Crippen LogP contribution < -0.4 is 0 Å². The second-order valence-corrected chi connectivity index (χ2v) is 9.76. The van der Waals surface area contributed by atoms with Crippen LogP contribution in [0.5, 0.6) is 0 Å². The normalized spacial score (nSPS) is 17.4. The molecular formula is C21H17ClF3N3O4S. The van der Waals surface area contributed by atoms with Crippen molar-refractivity contribution in [2.75, 3.05) is 6.54 Å². The van der Waals surface area contributed by atoms with Crippen LogP contribution in [0.4, 0.5) is 13.2 Å². The van der Waals surface area contributed by atoms with Gasteiger partial charge < -0.3 is 5.11 Å². The molecule has 3 aromatic rings. The summed E-state index contributed by atoms with van der Waals surface area (Å²) in [5.74, 6) is -1.23. The molecule has 174 valence electrons. The predicted molar refractivity (Wildman–Crippen MR) is 114 cm³/mol. The van der Waals surface area contributed by atoms with E-state index in [-0.39, 0.29) is 29.2 Å². The lowest BCUT2D eigenvalue weighted by Crippen LogP contribution is -2.40. The van der Waals surface area contributed by atoms with E-state index in [1.165, 1.54) is 36.4 Å². The number of carbonyl (C=O) groups is 1. The average molecular weight is 500 g/mol. The van der Waals surface area contributed by atoms with E-state index < -0.39 is 33.9 Å². The summed E-state index contributed by atoms with van der Waals surface area (Å²) in [5, 5.41) is 13.4. The summed E-state index contributed by atoms with van der Waals surface area (Å²) in [7, 11) is -4.09. The van der Waals surface area contributed by atoms with Crippen LogP contribution >= 0.6 is 11.6 Å². The number of alkyl halides is 3. The van der Waals surface area contributed by atoms with Crippen molar-refractivity contribution in [3.63, 3.8) is 0 Å². The number of hydrogen-bond acceptors (Lipinski definition) is 4. The van der Waals surface area contributed by atoms with Gasteiger partial charge in [-0.05, 0) is 55.3 Å². The summed E-state index contributed by atoms with van der Waals surface area (Å²) < 4.78 is 67.9. The number of nitrogens with zero attached hydrogens (tertiary/aromatic N) is 3. The maximum absolute atomic E-state index is 13.3. The molecule has 2 heterocycles. The van der Waals surface area contributed by atoms with Crippen LogP contribution in [0.25, 0.3) is 16.9 Å². The van der Waals surface area contributed by atoms with Crippen LogP contribution in [0.15, 0.2) is 59.5 Å². The first-order valence-electron chi connectivity index (χ1n) is 9.77. The molecule has 12 heteroatoms. The fourth-order valence-electron chi connectivity index (χ4n) is 3.71. The molecule has 0 unspecified atom stereocenters. The maximum Gasteiger partial charge on any atom is 0.435 e. The van der Waals surface area contributed by atoms with E-state index in [0.29, 0.717) is 17.0 Å². The molecular weight excluding hydrogens is 483 g/mol. The van der Waals surface area contributed by atoms with Gasteiger partial charge in [0.05, 0.1) is 16.3 Å². The second kappa shape index (κ2) is 8.47. The Morgan fingerprint density at radius 1 is 1.09 bits per heavy atom. The minimum absolute atomic E-state index is 0.0792. The largest absolute Gasteiger partial charge is 0.480 e. The van der Waals surface area contributed by atoms with Crippen LogP contribution in [-0.2, 0) is 21.0 Å². The molecule has 7 nitrogen and oxygen atoms in total. The number of carboxylic acid groups (broad SMARTS) is 1. The molecule has 0 aliphatic carbocycles. The molecule has 1 saturated heterocycles. The Bertz CT molecular complexity index is 1290. The third kappa shape index (κ3) is 4.48. The molecule has 33 heavy (non-hydrogen) atoms. The van der Waals surface area contributed by atoms with Crippen molar-refractivity contribution in [1.29, 1.82) is 0 Å². The quantitative estimate of drug-likeness (QED) is 0.560. The van der Waals surface area contributed by atoms with Gasteiger partial charge in [0.15, 0.2) is 5.69 Å². The zero-order chi connectivity index (χ0) is 24.0. The minimum atomic E-state index is -4.68. The highest BCUT2D eigenvalue weighted by Crippen LogP contribution is 2.34. The van der Waals surface area contributed by atoms with Gasteiger partial charge in [-0.2, -0.15) is 22.6 Å². The fourth-order valence-corrected chi connectivity index (χ4v) is 5.49. The van der Waals surface area contributed by atoms with E-state index in [1.807, 2.05) is 0 Å². The van der Waals surface area contributed by atoms with E-state index in [4.69, 9.17) is 11.6 Å². The Hall–Kier alpha value is -2.89. The SMILES string of the molecule is O=C(O)[C@@H]1CCCN1S(=O)(=O)c1ccc(-n2nc(C(F)(F)F)cc2-c2ccc(Cl)cc2)cc1. The molecule has 0 amide bonds. The van der Waals surface area contributed by atoms with Gasteiger partial charge in [-0.25, -0.2) is 13.1 Å². The van der Waals surface area contributed by atoms with Gasteiger partial charge in [-0.1, -0.05) is 23.7 Å². The van der Waals surface area contributed by atoms with Gasteiger partial charge in [0, 0.05) is 17.1 Å². The molecule has 2 aromatic carbocycles. The molecule has 0 saturated carbocycles. The second-order valence-electron chi connectivity index (χ2n) is 7.44. The molecule has 0 bridgehead atoms. The third-order valence-corrected chi connectivity index (χ3v) is 7.49. The number of rotatable bonds is 5. The van der Waals surface area contributed by atoms with Crippen molar-refractivity contribution in [2.24, 2.45) is 0 Å². The summed E-state index contributed by atoms with van der Waals surface area (Å²) >= 11 is 5.88. The number of aromatic nitrogens is 2. The number of sulfonamides is 1. The smallest absolute Gasteiger partial charge is 0.435 e. The Balaban J connectivity index is 1.74. The summed E-state index contributed by atoms with van der Waals surface area (Å²) in [4.78, 5) is 11.2.